The highest BCUT2D eigenvalue weighted by Gasteiger charge is 2.22. The molecule has 1 atom stereocenters. The molecule has 1 aliphatic heterocycles. The minimum atomic E-state index is -0.314. The lowest BCUT2D eigenvalue weighted by atomic mass is 9.99. The zero-order valence-electron chi connectivity index (χ0n) is 37.3. The van der Waals surface area contributed by atoms with E-state index in [-0.39, 0.29) is 12.7 Å². The Hall–Kier alpha value is -4.34. The highest BCUT2D eigenvalue weighted by Crippen LogP contribution is 2.33. The summed E-state index contributed by atoms with van der Waals surface area (Å²) in [4.78, 5) is 0. The van der Waals surface area contributed by atoms with Crippen molar-refractivity contribution in [2.45, 2.75) is 90.1 Å². The Morgan fingerprint density at radius 2 is 1.27 bits per heavy atom. The molecule has 10 heteroatoms. The third-order valence-electron chi connectivity index (χ3n) is 10.7. The first-order valence-electron chi connectivity index (χ1n) is 22.8. The number of unbranched alkanes of at least 4 members (excludes halogenated alkanes) is 3. The third kappa shape index (κ3) is 18.6. The molecule has 0 bridgehead atoms. The Morgan fingerprint density at radius 3 is 1.97 bits per heavy atom. The molecule has 2 aliphatic rings. The second kappa shape index (κ2) is 29.9. The van der Waals surface area contributed by atoms with Crippen molar-refractivity contribution in [2.75, 3.05) is 93.0 Å². The first-order valence-corrected chi connectivity index (χ1v) is 22.8. The van der Waals surface area contributed by atoms with Crippen LogP contribution in [0.4, 0.5) is 0 Å². The van der Waals surface area contributed by atoms with Crippen molar-refractivity contribution in [3.8, 4) is 28.4 Å². The molecule has 338 valence electrons. The van der Waals surface area contributed by atoms with Crippen LogP contribution in [0.2, 0.25) is 0 Å². The molecule has 1 unspecified atom stereocenters. The Bertz CT molecular complexity index is 1820. The van der Waals surface area contributed by atoms with Crippen LogP contribution in [-0.2, 0) is 41.3 Å². The van der Waals surface area contributed by atoms with Gasteiger partial charge in [0.1, 0.15) is 25.1 Å². The fourth-order valence-electron chi connectivity index (χ4n) is 7.21. The van der Waals surface area contributed by atoms with Gasteiger partial charge < -0.3 is 47.7 Å². The van der Waals surface area contributed by atoms with Crippen LogP contribution >= 0.6 is 0 Å². The maximum Gasteiger partial charge on any atom is 0.175 e. The van der Waals surface area contributed by atoms with Crippen molar-refractivity contribution in [3.05, 3.63) is 112 Å². The Balaban J connectivity index is 1.06. The lowest BCUT2D eigenvalue weighted by Crippen LogP contribution is -2.24. The number of allylic oxidation sites excluding steroid dienone is 2. The van der Waals surface area contributed by atoms with Gasteiger partial charge >= 0.3 is 0 Å². The van der Waals surface area contributed by atoms with Crippen LogP contribution in [-0.4, -0.2) is 104 Å². The van der Waals surface area contributed by atoms with Crippen molar-refractivity contribution >= 4 is 0 Å². The van der Waals surface area contributed by atoms with Crippen LogP contribution in [0.15, 0.2) is 95.6 Å². The number of hydrogen-bond donors (Lipinski definition) is 1. The van der Waals surface area contributed by atoms with Crippen molar-refractivity contribution < 1.29 is 47.7 Å². The molecule has 0 saturated heterocycles. The number of aliphatic hydroxyl groups is 1. The SMILES string of the molecule is COc1cc(CCCc2ccc(-c3ccc(OCC4=C=C=C5OCCOCCOCCC/C=C\CCCOCCOCCOC5C4)cc3)cc2)cc(C)c1OCCCCCCO. The van der Waals surface area contributed by atoms with Crippen LogP contribution in [0, 0.1) is 6.92 Å². The molecule has 1 N–H and O–H groups in total. The molecule has 0 aromatic heterocycles. The van der Waals surface area contributed by atoms with Crippen LogP contribution in [0.3, 0.4) is 0 Å². The van der Waals surface area contributed by atoms with E-state index in [2.05, 4.69) is 79.1 Å². The van der Waals surface area contributed by atoms with Gasteiger partial charge in [0.05, 0.1) is 60.0 Å². The molecule has 0 spiro atoms. The molecule has 62 heavy (non-hydrogen) atoms. The van der Waals surface area contributed by atoms with Crippen LogP contribution in [0.1, 0.15) is 80.9 Å². The minimum Gasteiger partial charge on any atom is -0.493 e. The summed E-state index contributed by atoms with van der Waals surface area (Å²) >= 11 is 0. The van der Waals surface area contributed by atoms with Gasteiger partial charge in [-0.1, -0.05) is 66.8 Å². The Morgan fingerprint density at radius 1 is 0.645 bits per heavy atom. The van der Waals surface area contributed by atoms with Gasteiger partial charge in [0.25, 0.3) is 0 Å². The van der Waals surface area contributed by atoms with Gasteiger partial charge in [0.2, 0.25) is 0 Å². The Labute approximate surface area is 370 Å². The van der Waals surface area contributed by atoms with Crippen molar-refractivity contribution in [1.29, 1.82) is 0 Å². The molecule has 1 heterocycles. The zero-order chi connectivity index (χ0) is 43.3. The number of aliphatic hydroxyl groups excluding tert-OH is 1. The van der Waals surface area contributed by atoms with Crippen LogP contribution in [0.25, 0.3) is 11.1 Å². The van der Waals surface area contributed by atoms with E-state index in [1.165, 1.54) is 16.7 Å². The van der Waals surface area contributed by atoms with Gasteiger partial charge in [0.15, 0.2) is 17.3 Å². The van der Waals surface area contributed by atoms with Gasteiger partial charge in [-0.2, -0.15) is 0 Å². The molecule has 1 aliphatic carbocycles. The second-order valence-electron chi connectivity index (χ2n) is 15.6. The zero-order valence-corrected chi connectivity index (χ0v) is 37.3. The lowest BCUT2D eigenvalue weighted by molar-refractivity contribution is -0.0257. The standard InChI is InChI=1S/C52H70O10/c1-42-38-44(39-51(54-2)52(42)61-29-12-8-5-9-26-53)15-13-14-43-16-19-46(20-17-43)47-21-23-48(24-22-47)62-41-45-18-25-49-50(40-45)60-37-35-58-33-31-56-28-11-7-4-3-6-10-27-55-30-32-57-34-36-59-49/h3-4,16-17,19-24,38-39,50,53H,5-15,26-37,40-41H2,1-2H3/b4-3-. The van der Waals surface area contributed by atoms with E-state index in [9.17, 15) is 0 Å². The topological polar surface area (TPSA) is 103 Å². The number of aryl methyl sites for hydroxylation is 3. The monoisotopic (exact) mass is 854 g/mol. The van der Waals surface area contributed by atoms with Gasteiger partial charge in [0, 0.05) is 31.8 Å². The fraction of sp³-hybridized carbons (Fsp3) is 0.538. The second-order valence-corrected chi connectivity index (χ2v) is 15.6. The van der Waals surface area contributed by atoms with Crippen molar-refractivity contribution in [1.82, 2.24) is 0 Å². The normalized spacial score (nSPS) is 18.3. The average molecular weight is 855 g/mol. The molecule has 0 amide bonds. The molecule has 3 aromatic rings. The lowest BCUT2D eigenvalue weighted by Gasteiger charge is -2.22. The summed E-state index contributed by atoms with van der Waals surface area (Å²) in [6, 6.07) is 21.4. The first kappa shape index (κ1) is 48.7. The van der Waals surface area contributed by atoms with E-state index in [1.54, 1.807) is 7.11 Å². The van der Waals surface area contributed by atoms with Crippen molar-refractivity contribution in [3.63, 3.8) is 0 Å². The van der Waals surface area contributed by atoms with E-state index >= 15 is 0 Å². The molecule has 5 rings (SSSR count). The summed E-state index contributed by atoms with van der Waals surface area (Å²) in [6.07, 6.45) is 15.6. The maximum absolute atomic E-state index is 8.98. The smallest absolute Gasteiger partial charge is 0.175 e. The summed E-state index contributed by atoms with van der Waals surface area (Å²) in [6.45, 7) is 8.73. The summed E-state index contributed by atoms with van der Waals surface area (Å²) in [7, 11) is 1.70. The van der Waals surface area contributed by atoms with Gasteiger partial charge in [-0.05, 0) is 123 Å². The average Bonchev–Trinajstić information content (AvgIpc) is 3.29. The highest BCUT2D eigenvalue weighted by molar-refractivity contribution is 5.64. The fourth-order valence-corrected chi connectivity index (χ4v) is 7.21. The summed E-state index contributed by atoms with van der Waals surface area (Å²) < 4.78 is 53.2. The van der Waals surface area contributed by atoms with E-state index in [4.69, 9.17) is 47.7 Å². The number of methoxy groups -OCH3 is 1. The molecular formula is C52H70O10. The number of fused-ring (bicyclic) bond motifs is 1. The largest absolute Gasteiger partial charge is 0.493 e. The number of ether oxygens (including phenoxy) is 9. The van der Waals surface area contributed by atoms with Crippen LogP contribution < -0.4 is 14.2 Å². The molecule has 0 radical (unpaired) electrons. The predicted molar refractivity (Wildman–Crippen MR) is 243 cm³/mol. The molecule has 0 fully saturated rings. The summed E-state index contributed by atoms with van der Waals surface area (Å²) in [5.74, 6) is 3.02. The highest BCUT2D eigenvalue weighted by atomic mass is 16.6. The van der Waals surface area contributed by atoms with Gasteiger partial charge in [-0.3, -0.25) is 0 Å². The number of hydrogen-bond acceptors (Lipinski definition) is 10. The van der Waals surface area contributed by atoms with Gasteiger partial charge in [-0.15, -0.1) is 0 Å². The van der Waals surface area contributed by atoms with E-state index in [1.807, 2.05) is 12.1 Å². The summed E-state index contributed by atoms with van der Waals surface area (Å²) in [5.41, 5.74) is 13.4. The number of rotatable bonds is 16. The Kier molecular flexibility index (Phi) is 23.5. The van der Waals surface area contributed by atoms with Crippen LogP contribution in [0.5, 0.6) is 17.2 Å². The molecular weight excluding hydrogens is 785 g/mol. The van der Waals surface area contributed by atoms with Gasteiger partial charge in [-0.25, -0.2) is 0 Å². The number of benzene rings is 3. The predicted octanol–water partition coefficient (Wildman–Crippen LogP) is 9.72. The van der Waals surface area contributed by atoms with E-state index in [0.29, 0.717) is 78.2 Å². The summed E-state index contributed by atoms with van der Waals surface area (Å²) in [5, 5.41) is 8.98. The molecule has 10 nitrogen and oxygen atoms in total. The quantitative estimate of drug-likeness (QED) is 0.0852. The van der Waals surface area contributed by atoms with E-state index in [0.717, 1.165) is 118 Å². The first-order chi connectivity index (χ1) is 30.6. The maximum atomic E-state index is 8.98. The third-order valence-corrected chi connectivity index (χ3v) is 10.7. The molecule has 3 aromatic carbocycles. The van der Waals surface area contributed by atoms with Crippen molar-refractivity contribution in [2.24, 2.45) is 0 Å². The molecule has 0 saturated carbocycles. The minimum absolute atomic E-state index is 0.253. The van der Waals surface area contributed by atoms with E-state index < -0.39 is 0 Å².